The van der Waals surface area contributed by atoms with Crippen molar-refractivity contribution < 1.29 is 24.0 Å². The van der Waals surface area contributed by atoms with Gasteiger partial charge in [0.15, 0.2) is 0 Å². The molecule has 0 radical (unpaired) electrons. The highest BCUT2D eigenvalue weighted by molar-refractivity contribution is 6.45. The van der Waals surface area contributed by atoms with Crippen LogP contribution in [-0.2, 0) is 14.3 Å². The molecule has 1 saturated heterocycles. The highest BCUT2D eigenvalue weighted by Gasteiger charge is 2.43. The first-order valence-corrected chi connectivity index (χ1v) is 9.36. The molecule has 0 bridgehead atoms. The van der Waals surface area contributed by atoms with Gasteiger partial charge in [-0.05, 0) is 29.8 Å². The Hall–Kier alpha value is -3.72. The van der Waals surface area contributed by atoms with Crippen LogP contribution in [0.4, 0.5) is 11.4 Å². The number of ether oxygens (including phenoxy) is 2. The predicted molar refractivity (Wildman–Crippen MR) is 108 cm³/mol. The molecule has 2 amide bonds. The first kappa shape index (κ1) is 19.6. The molecule has 2 aliphatic rings. The number of methoxy groups -OCH3 is 1. The Morgan fingerprint density at radius 1 is 1.00 bits per heavy atom. The molecule has 0 aromatic heterocycles. The van der Waals surface area contributed by atoms with Crippen molar-refractivity contribution in [2.24, 2.45) is 0 Å². The number of nitrogens with zero attached hydrogens (tertiary/aromatic N) is 3. The number of imide groups is 1. The van der Waals surface area contributed by atoms with Crippen LogP contribution in [0.15, 0.2) is 54.2 Å². The molecule has 2 aromatic carbocycles. The molecule has 154 valence electrons. The highest BCUT2D eigenvalue weighted by Crippen LogP contribution is 2.38. The summed E-state index contributed by atoms with van der Waals surface area (Å²) < 4.78 is 10.7. The van der Waals surface area contributed by atoms with Crippen molar-refractivity contribution in [3.63, 3.8) is 0 Å². The first-order valence-electron chi connectivity index (χ1n) is 9.36. The van der Waals surface area contributed by atoms with Crippen molar-refractivity contribution >= 4 is 28.8 Å². The summed E-state index contributed by atoms with van der Waals surface area (Å²) in [6.45, 7) is 1.80. The lowest BCUT2D eigenvalue weighted by Gasteiger charge is -2.29. The van der Waals surface area contributed by atoms with Crippen molar-refractivity contribution in [3.8, 4) is 5.75 Å². The van der Waals surface area contributed by atoms with E-state index in [1.165, 1.54) is 31.4 Å². The number of hydrogen-bond acceptors (Lipinski definition) is 7. The summed E-state index contributed by atoms with van der Waals surface area (Å²) in [4.78, 5) is 40.3. The van der Waals surface area contributed by atoms with Gasteiger partial charge in [-0.2, -0.15) is 0 Å². The summed E-state index contributed by atoms with van der Waals surface area (Å²) in [6, 6.07) is 12.4. The molecule has 0 aliphatic carbocycles. The van der Waals surface area contributed by atoms with Crippen LogP contribution in [0.2, 0.25) is 0 Å². The lowest BCUT2D eigenvalue weighted by molar-refractivity contribution is -0.384. The molecule has 9 heteroatoms. The maximum atomic E-state index is 13.5. The second-order valence-corrected chi connectivity index (χ2v) is 6.74. The zero-order valence-electron chi connectivity index (χ0n) is 16.2. The molecule has 9 nitrogen and oxygen atoms in total. The third-order valence-electron chi connectivity index (χ3n) is 5.08. The van der Waals surface area contributed by atoms with Gasteiger partial charge in [0.05, 0.1) is 36.5 Å². The van der Waals surface area contributed by atoms with E-state index in [4.69, 9.17) is 9.47 Å². The number of para-hydroxylation sites is 2. The molecule has 30 heavy (non-hydrogen) atoms. The van der Waals surface area contributed by atoms with E-state index in [0.29, 0.717) is 43.3 Å². The number of non-ortho nitro benzene ring substituents is 1. The number of rotatable bonds is 5. The van der Waals surface area contributed by atoms with E-state index in [0.717, 1.165) is 4.90 Å². The minimum Gasteiger partial charge on any atom is -0.495 e. The van der Waals surface area contributed by atoms with E-state index in [1.54, 1.807) is 24.3 Å². The number of morpholine rings is 1. The molecule has 0 atom stereocenters. The Bertz CT molecular complexity index is 1040. The van der Waals surface area contributed by atoms with Crippen LogP contribution in [0.5, 0.6) is 5.75 Å². The zero-order chi connectivity index (χ0) is 21.3. The molecule has 2 aliphatic heterocycles. The average molecular weight is 409 g/mol. The van der Waals surface area contributed by atoms with Crippen LogP contribution >= 0.6 is 0 Å². The second-order valence-electron chi connectivity index (χ2n) is 6.74. The number of carbonyl (C=O) groups excluding carboxylic acids is 2. The summed E-state index contributed by atoms with van der Waals surface area (Å²) >= 11 is 0. The first-order chi connectivity index (χ1) is 14.5. The molecule has 4 rings (SSSR count). The Labute approximate surface area is 172 Å². The summed E-state index contributed by atoms with van der Waals surface area (Å²) in [5, 5.41) is 11.0. The Kier molecular flexibility index (Phi) is 5.20. The third-order valence-corrected chi connectivity index (χ3v) is 5.08. The zero-order valence-corrected chi connectivity index (χ0v) is 16.2. The van der Waals surface area contributed by atoms with E-state index in [9.17, 15) is 19.7 Å². The van der Waals surface area contributed by atoms with Crippen molar-refractivity contribution in [2.75, 3.05) is 38.3 Å². The SMILES string of the molecule is COc1ccccc1N1C(=O)C(c2ccc([N+](=O)[O-])cc2)=C(N2CCOCC2)C1=O. The number of anilines is 1. The third kappa shape index (κ3) is 3.29. The van der Waals surface area contributed by atoms with Crippen molar-refractivity contribution in [2.45, 2.75) is 0 Å². The Balaban J connectivity index is 1.83. The lowest BCUT2D eigenvalue weighted by atomic mass is 10.0. The number of hydrogen-bond donors (Lipinski definition) is 0. The standard InChI is InChI=1S/C21H19N3O6/c1-29-17-5-3-2-4-16(17)23-20(25)18(14-6-8-15(9-7-14)24(27)28)19(21(23)26)22-10-12-30-13-11-22/h2-9H,10-13H2,1H3. The van der Waals surface area contributed by atoms with Crippen LogP contribution in [0.1, 0.15) is 5.56 Å². The molecule has 0 N–H and O–H groups in total. The number of benzene rings is 2. The summed E-state index contributed by atoms with van der Waals surface area (Å²) in [7, 11) is 1.47. The average Bonchev–Trinajstić information content (AvgIpc) is 3.04. The maximum absolute atomic E-state index is 13.5. The fourth-order valence-corrected chi connectivity index (χ4v) is 3.64. The van der Waals surface area contributed by atoms with Crippen LogP contribution < -0.4 is 9.64 Å². The van der Waals surface area contributed by atoms with E-state index in [1.807, 2.05) is 4.90 Å². The van der Waals surface area contributed by atoms with E-state index < -0.39 is 16.7 Å². The Morgan fingerprint density at radius 3 is 2.30 bits per heavy atom. The van der Waals surface area contributed by atoms with E-state index in [2.05, 4.69) is 0 Å². The maximum Gasteiger partial charge on any atom is 0.282 e. The molecule has 0 spiro atoms. The number of nitro benzene ring substituents is 1. The van der Waals surface area contributed by atoms with Gasteiger partial charge < -0.3 is 14.4 Å². The van der Waals surface area contributed by atoms with Gasteiger partial charge in [0.2, 0.25) is 0 Å². The van der Waals surface area contributed by atoms with Crippen molar-refractivity contribution in [1.29, 1.82) is 0 Å². The summed E-state index contributed by atoms with van der Waals surface area (Å²) in [5.74, 6) is -0.565. The van der Waals surface area contributed by atoms with Gasteiger partial charge in [0, 0.05) is 25.2 Å². The van der Waals surface area contributed by atoms with Gasteiger partial charge in [-0.15, -0.1) is 0 Å². The van der Waals surface area contributed by atoms with E-state index in [-0.39, 0.29) is 17.0 Å². The fourth-order valence-electron chi connectivity index (χ4n) is 3.64. The molecule has 0 unspecified atom stereocenters. The van der Waals surface area contributed by atoms with Crippen LogP contribution in [0.3, 0.4) is 0 Å². The van der Waals surface area contributed by atoms with Crippen molar-refractivity contribution in [1.82, 2.24) is 4.90 Å². The summed E-state index contributed by atoms with van der Waals surface area (Å²) in [6.07, 6.45) is 0. The van der Waals surface area contributed by atoms with Gasteiger partial charge in [-0.25, -0.2) is 4.90 Å². The van der Waals surface area contributed by atoms with Crippen LogP contribution in [-0.4, -0.2) is 55.1 Å². The van der Waals surface area contributed by atoms with Gasteiger partial charge in [-0.1, -0.05) is 12.1 Å². The molecule has 0 saturated carbocycles. The smallest absolute Gasteiger partial charge is 0.282 e. The van der Waals surface area contributed by atoms with Crippen molar-refractivity contribution in [3.05, 3.63) is 69.9 Å². The summed E-state index contributed by atoms with van der Waals surface area (Å²) in [5.41, 5.74) is 1.17. The largest absolute Gasteiger partial charge is 0.495 e. The number of amides is 2. The van der Waals surface area contributed by atoms with Gasteiger partial charge in [0.1, 0.15) is 11.4 Å². The molecular formula is C21H19N3O6. The number of nitro groups is 1. The predicted octanol–water partition coefficient (Wildman–Crippen LogP) is 2.22. The molecule has 2 heterocycles. The van der Waals surface area contributed by atoms with Gasteiger partial charge >= 0.3 is 0 Å². The fraction of sp³-hybridized carbons (Fsp3) is 0.238. The lowest BCUT2D eigenvalue weighted by Crippen LogP contribution is -2.40. The van der Waals surface area contributed by atoms with Crippen LogP contribution in [0, 0.1) is 10.1 Å². The topological polar surface area (TPSA) is 102 Å². The second kappa shape index (κ2) is 7.96. The van der Waals surface area contributed by atoms with Gasteiger partial charge in [0.25, 0.3) is 17.5 Å². The van der Waals surface area contributed by atoms with Gasteiger partial charge in [-0.3, -0.25) is 19.7 Å². The molecular weight excluding hydrogens is 390 g/mol. The van der Waals surface area contributed by atoms with Crippen LogP contribution in [0.25, 0.3) is 5.57 Å². The Morgan fingerprint density at radius 2 is 1.67 bits per heavy atom. The van der Waals surface area contributed by atoms with E-state index >= 15 is 0 Å². The minimum atomic E-state index is -0.510. The highest BCUT2D eigenvalue weighted by atomic mass is 16.6. The minimum absolute atomic E-state index is 0.0920. The molecule has 1 fully saturated rings. The molecule has 2 aromatic rings. The quantitative estimate of drug-likeness (QED) is 0.424. The normalized spacial score (nSPS) is 17.0. The number of carbonyl (C=O) groups is 2. The monoisotopic (exact) mass is 409 g/mol.